The minimum Gasteiger partial charge on any atom is -0.367 e. The van der Waals surface area contributed by atoms with Gasteiger partial charge in [0.05, 0.1) is 5.69 Å². The molecule has 0 bridgehead atoms. The minimum atomic E-state index is -4.47. The van der Waals surface area contributed by atoms with E-state index in [4.69, 9.17) is 0 Å². The molecule has 1 N–H and O–H groups in total. The molecule has 0 amide bonds. The van der Waals surface area contributed by atoms with Crippen LogP contribution in [0.5, 0.6) is 0 Å². The van der Waals surface area contributed by atoms with E-state index in [0.29, 0.717) is 0 Å². The number of piperidine rings is 1. The van der Waals surface area contributed by atoms with Crippen LogP contribution in [0.1, 0.15) is 29.8 Å². The molecule has 0 spiro atoms. The average Bonchev–Trinajstić information content (AvgIpc) is 2.68. The van der Waals surface area contributed by atoms with Gasteiger partial charge in [0, 0.05) is 50.3 Å². The third-order valence-corrected chi connectivity index (χ3v) is 5.27. The second-order valence-electron chi connectivity index (χ2n) is 7.30. The van der Waals surface area contributed by atoms with Gasteiger partial charge in [0.25, 0.3) is 0 Å². The van der Waals surface area contributed by atoms with Crippen molar-refractivity contribution in [2.45, 2.75) is 38.0 Å². The summed E-state index contributed by atoms with van der Waals surface area (Å²) >= 11 is 0. The number of anilines is 2. The molecule has 2 aliphatic heterocycles. The Morgan fingerprint density at radius 3 is 2.54 bits per heavy atom. The standard InChI is InChI=1S/C18H22F3N7/c1-27-5-4-14-13(9-27)17(25-10-22-14)28-6-2-12(3-7-28)26-16-8-15(18(19,20)21)23-11-24-16/h8,10-12H,2-7,9H2,1H3,(H,23,24,26). The normalized spacial score (nSPS) is 18.8. The van der Waals surface area contributed by atoms with Crippen molar-refractivity contribution in [1.82, 2.24) is 24.8 Å². The van der Waals surface area contributed by atoms with E-state index in [1.54, 1.807) is 6.33 Å². The molecule has 0 atom stereocenters. The fourth-order valence-electron chi connectivity index (χ4n) is 3.77. The van der Waals surface area contributed by atoms with Gasteiger partial charge >= 0.3 is 6.18 Å². The predicted molar refractivity (Wildman–Crippen MR) is 98.0 cm³/mol. The SMILES string of the molecule is CN1CCc2ncnc(N3CCC(Nc4cc(C(F)(F)F)ncn4)CC3)c2C1. The van der Waals surface area contributed by atoms with Crippen LogP contribution in [0.4, 0.5) is 24.8 Å². The molecular formula is C18H22F3N7. The van der Waals surface area contributed by atoms with Crippen LogP contribution in [-0.4, -0.2) is 57.6 Å². The number of likely N-dealkylation sites (N-methyl/N-ethyl adjacent to an activating group) is 1. The molecule has 2 aliphatic rings. The Labute approximate surface area is 161 Å². The summed E-state index contributed by atoms with van der Waals surface area (Å²) in [6.45, 7) is 3.39. The van der Waals surface area contributed by atoms with E-state index in [1.165, 1.54) is 5.56 Å². The van der Waals surface area contributed by atoms with E-state index >= 15 is 0 Å². The second kappa shape index (κ2) is 7.50. The lowest BCUT2D eigenvalue weighted by Gasteiger charge is -2.36. The van der Waals surface area contributed by atoms with Gasteiger partial charge in [0.2, 0.25) is 0 Å². The van der Waals surface area contributed by atoms with Crippen LogP contribution in [0.2, 0.25) is 0 Å². The number of nitrogens with zero attached hydrogens (tertiary/aromatic N) is 6. The first-order valence-electron chi connectivity index (χ1n) is 9.32. The molecule has 1 saturated heterocycles. The molecule has 0 radical (unpaired) electrons. The molecule has 0 saturated carbocycles. The fourth-order valence-corrected chi connectivity index (χ4v) is 3.77. The third-order valence-electron chi connectivity index (χ3n) is 5.27. The molecule has 28 heavy (non-hydrogen) atoms. The monoisotopic (exact) mass is 393 g/mol. The summed E-state index contributed by atoms with van der Waals surface area (Å²) in [4.78, 5) is 20.7. The molecular weight excluding hydrogens is 371 g/mol. The average molecular weight is 393 g/mol. The highest BCUT2D eigenvalue weighted by Gasteiger charge is 2.33. The molecule has 4 heterocycles. The van der Waals surface area contributed by atoms with Gasteiger partial charge in [-0.3, -0.25) is 0 Å². The maximum absolute atomic E-state index is 12.8. The van der Waals surface area contributed by atoms with Crippen LogP contribution in [0.25, 0.3) is 0 Å². The largest absolute Gasteiger partial charge is 0.433 e. The van der Waals surface area contributed by atoms with Crippen molar-refractivity contribution in [3.8, 4) is 0 Å². The van der Waals surface area contributed by atoms with E-state index in [9.17, 15) is 13.2 Å². The lowest BCUT2D eigenvalue weighted by atomic mass is 10.0. The van der Waals surface area contributed by atoms with Gasteiger partial charge in [-0.1, -0.05) is 0 Å². The van der Waals surface area contributed by atoms with Crippen molar-refractivity contribution in [1.29, 1.82) is 0 Å². The van der Waals surface area contributed by atoms with Crippen molar-refractivity contribution in [2.75, 3.05) is 36.9 Å². The Balaban J connectivity index is 1.41. The maximum Gasteiger partial charge on any atom is 0.433 e. The molecule has 1 fully saturated rings. The van der Waals surface area contributed by atoms with Gasteiger partial charge in [0.1, 0.15) is 30.0 Å². The van der Waals surface area contributed by atoms with E-state index in [2.05, 4.69) is 42.1 Å². The van der Waals surface area contributed by atoms with Gasteiger partial charge in [-0.25, -0.2) is 19.9 Å². The third kappa shape index (κ3) is 4.01. The van der Waals surface area contributed by atoms with Gasteiger partial charge in [-0.15, -0.1) is 0 Å². The topological polar surface area (TPSA) is 70.1 Å². The van der Waals surface area contributed by atoms with Crippen LogP contribution in [0.3, 0.4) is 0 Å². The highest BCUT2D eigenvalue weighted by atomic mass is 19.4. The zero-order valence-electron chi connectivity index (χ0n) is 15.6. The zero-order valence-corrected chi connectivity index (χ0v) is 15.6. The Kier molecular flexibility index (Phi) is 5.05. The van der Waals surface area contributed by atoms with Crippen molar-refractivity contribution < 1.29 is 13.2 Å². The summed E-state index contributed by atoms with van der Waals surface area (Å²) in [5.74, 6) is 1.19. The van der Waals surface area contributed by atoms with Crippen molar-refractivity contribution in [3.63, 3.8) is 0 Å². The molecule has 2 aromatic heterocycles. The number of nitrogens with one attached hydrogen (secondary N) is 1. The highest BCUT2D eigenvalue weighted by molar-refractivity contribution is 5.50. The molecule has 150 valence electrons. The summed E-state index contributed by atoms with van der Waals surface area (Å²) in [7, 11) is 2.09. The van der Waals surface area contributed by atoms with Crippen LogP contribution in [0.15, 0.2) is 18.7 Å². The summed E-state index contributed by atoms with van der Waals surface area (Å²) in [6, 6.07) is 1.02. The first kappa shape index (κ1) is 18.9. The van der Waals surface area contributed by atoms with Gasteiger partial charge < -0.3 is 15.1 Å². The summed E-state index contributed by atoms with van der Waals surface area (Å²) < 4.78 is 38.4. The first-order valence-corrected chi connectivity index (χ1v) is 9.32. The Bertz CT molecular complexity index is 834. The number of hydrogen-bond donors (Lipinski definition) is 1. The molecule has 10 heteroatoms. The second-order valence-corrected chi connectivity index (χ2v) is 7.30. The Morgan fingerprint density at radius 2 is 1.79 bits per heavy atom. The maximum atomic E-state index is 12.8. The van der Waals surface area contributed by atoms with Gasteiger partial charge in [-0.2, -0.15) is 13.2 Å². The van der Waals surface area contributed by atoms with Crippen LogP contribution >= 0.6 is 0 Å². The summed E-state index contributed by atoms with van der Waals surface area (Å²) in [5.41, 5.74) is 1.37. The van der Waals surface area contributed by atoms with Gasteiger partial charge in [0.15, 0.2) is 0 Å². The lowest BCUT2D eigenvalue weighted by Crippen LogP contribution is -2.41. The van der Waals surface area contributed by atoms with Gasteiger partial charge in [-0.05, 0) is 19.9 Å². The fraction of sp³-hybridized carbons (Fsp3) is 0.556. The summed E-state index contributed by atoms with van der Waals surface area (Å²) in [6.07, 6.45) is 0.615. The van der Waals surface area contributed by atoms with Crippen LogP contribution in [0, 0.1) is 0 Å². The smallest absolute Gasteiger partial charge is 0.367 e. The quantitative estimate of drug-likeness (QED) is 0.858. The van der Waals surface area contributed by atoms with E-state index < -0.39 is 11.9 Å². The molecule has 7 nitrogen and oxygen atoms in total. The van der Waals surface area contributed by atoms with Crippen molar-refractivity contribution in [2.24, 2.45) is 0 Å². The van der Waals surface area contributed by atoms with Crippen LogP contribution in [-0.2, 0) is 19.1 Å². The number of hydrogen-bond acceptors (Lipinski definition) is 7. The molecule has 0 aliphatic carbocycles. The highest BCUT2D eigenvalue weighted by Crippen LogP contribution is 2.30. The number of alkyl halides is 3. The minimum absolute atomic E-state index is 0.0626. The first-order chi connectivity index (χ1) is 13.4. The summed E-state index contributed by atoms with van der Waals surface area (Å²) in [5, 5.41) is 3.12. The Hall–Kier alpha value is -2.49. The molecule has 0 unspecified atom stereocenters. The van der Waals surface area contributed by atoms with E-state index in [-0.39, 0.29) is 11.9 Å². The van der Waals surface area contributed by atoms with Crippen molar-refractivity contribution >= 4 is 11.6 Å². The Morgan fingerprint density at radius 1 is 1.04 bits per heavy atom. The molecule has 4 rings (SSSR count). The van der Waals surface area contributed by atoms with Crippen molar-refractivity contribution in [3.05, 3.63) is 35.7 Å². The molecule has 0 aromatic carbocycles. The lowest BCUT2D eigenvalue weighted by molar-refractivity contribution is -0.141. The molecule has 2 aromatic rings. The van der Waals surface area contributed by atoms with E-state index in [0.717, 1.165) is 69.3 Å². The number of fused-ring (bicyclic) bond motifs is 1. The van der Waals surface area contributed by atoms with E-state index in [1.807, 2.05) is 0 Å². The zero-order chi connectivity index (χ0) is 19.7. The predicted octanol–water partition coefficient (Wildman–Crippen LogP) is 2.35. The number of halogens is 3. The van der Waals surface area contributed by atoms with Crippen LogP contribution < -0.4 is 10.2 Å². The number of rotatable bonds is 3. The number of aromatic nitrogens is 4.